The summed E-state index contributed by atoms with van der Waals surface area (Å²) in [5, 5.41) is 5.07. The molecule has 20 heavy (non-hydrogen) atoms. The van der Waals surface area contributed by atoms with Gasteiger partial charge >= 0.3 is 0 Å². The van der Waals surface area contributed by atoms with Crippen molar-refractivity contribution in [2.75, 3.05) is 11.1 Å². The van der Waals surface area contributed by atoms with E-state index in [1.165, 1.54) is 0 Å². The van der Waals surface area contributed by atoms with Crippen LogP contribution in [0.25, 0.3) is 10.9 Å². The van der Waals surface area contributed by atoms with Crippen molar-refractivity contribution in [3.05, 3.63) is 58.2 Å². The lowest BCUT2D eigenvalue weighted by Gasteiger charge is -2.10. The first-order valence-corrected chi connectivity index (χ1v) is 7.17. The highest BCUT2D eigenvalue weighted by Crippen LogP contribution is 2.30. The van der Waals surface area contributed by atoms with Crippen molar-refractivity contribution in [3.8, 4) is 0 Å². The lowest BCUT2D eigenvalue weighted by Crippen LogP contribution is -1.93. The van der Waals surface area contributed by atoms with E-state index in [0.29, 0.717) is 10.7 Å². The zero-order valence-electron chi connectivity index (χ0n) is 10.4. The molecule has 2 aromatic carbocycles. The Morgan fingerprint density at radius 2 is 1.95 bits per heavy atom. The third-order valence-electron chi connectivity index (χ3n) is 2.97. The molecule has 0 amide bonds. The number of hydrogen-bond donors (Lipinski definition) is 2. The summed E-state index contributed by atoms with van der Waals surface area (Å²) in [6.45, 7) is 0. The van der Waals surface area contributed by atoms with Crippen molar-refractivity contribution in [2.24, 2.45) is 0 Å². The average molecular weight is 349 g/mol. The van der Waals surface area contributed by atoms with Crippen molar-refractivity contribution < 1.29 is 0 Å². The predicted octanol–water partition coefficient (Wildman–Crippen LogP) is 4.98. The summed E-state index contributed by atoms with van der Waals surface area (Å²) in [6.07, 6.45) is 1.76. The molecule has 0 saturated heterocycles. The van der Waals surface area contributed by atoms with Gasteiger partial charge in [-0.3, -0.25) is 4.98 Å². The Bertz CT molecular complexity index is 789. The molecule has 3 aromatic rings. The smallest absolute Gasteiger partial charge is 0.0743 e. The summed E-state index contributed by atoms with van der Waals surface area (Å²) in [7, 11) is 0. The van der Waals surface area contributed by atoms with Crippen LogP contribution >= 0.6 is 27.5 Å². The molecule has 0 aliphatic heterocycles. The third kappa shape index (κ3) is 2.57. The Kier molecular flexibility index (Phi) is 3.51. The fourth-order valence-corrected chi connectivity index (χ4v) is 2.50. The molecule has 0 saturated carbocycles. The zero-order valence-corrected chi connectivity index (χ0v) is 12.7. The first-order chi connectivity index (χ1) is 9.63. The number of halogens is 2. The molecule has 0 aliphatic carbocycles. The summed E-state index contributed by atoms with van der Waals surface area (Å²) in [5.74, 6) is 0. The van der Waals surface area contributed by atoms with E-state index in [0.717, 1.165) is 26.8 Å². The lowest BCUT2D eigenvalue weighted by atomic mass is 10.1. The molecule has 0 radical (unpaired) electrons. The average Bonchev–Trinajstić information content (AvgIpc) is 2.43. The summed E-state index contributed by atoms with van der Waals surface area (Å²) in [4.78, 5) is 4.33. The highest BCUT2D eigenvalue weighted by Gasteiger charge is 2.04. The number of rotatable bonds is 2. The third-order valence-corrected chi connectivity index (χ3v) is 4.18. The Labute approximate surface area is 129 Å². The molecule has 100 valence electrons. The normalized spacial score (nSPS) is 10.7. The van der Waals surface area contributed by atoms with Gasteiger partial charge in [-0.1, -0.05) is 11.6 Å². The van der Waals surface area contributed by atoms with Crippen LogP contribution in [0, 0.1) is 0 Å². The topological polar surface area (TPSA) is 50.9 Å². The molecule has 0 aliphatic rings. The first-order valence-electron chi connectivity index (χ1n) is 6.00. The predicted molar refractivity (Wildman–Crippen MR) is 88.6 cm³/mol. The van der Waals surface area contributed by atoms with E-state index in [-0.39, 0.29) is 0 Å². The zero-order chi connectivity index (χ0) is 14.1. The van der Waals surface area contributed by atoms with Gasteiger partial charge in [0.05, 0.1) is 10.5 Å². The monoisotopic (exact) mass is 347 g/mol. The fourth-order valence-electron chi connectivity index (χ4n) is 2.00. The number of anilines is 3. The quantitative estimate of drug-likeness (QED) is 0.642. The number of benzene rings is 2. The van der Waals surface area contributed by atoms with E-state index in [1.54, 1.807) is 6.20 Å². The van der Waals surface area contributed by atoms with Gasteiger partial charge in [-0.25, -0.2) is 0 Å². The number of aromatic nitrogens is 1. The first kappa shape index (κ1) is 13.2. The van der Waals surface area contributed by atoms with Gasteiger partial charge in [-0.2, -0.15) is 0 Å². The Morgan fingerprint density at radius 3 is 2.75 bits per heavy atom. The number of pyridine rings is 1. The second kappa shape index (κ2) is 5.31. The second-order valence-corrected chi connectivity index (χ2v) is 5.65. The number of nitrogens with one attached hydrogen (secondary N) is 1. The maximum atomic E-state index is 6.00. The molecular formula is C15H11BrClN3. The van der Waals surface area contributed by atoms with Crippen LogP contribution in [-0.2, 0) is 0 Å². The highest BCUT2D eigenvalue weighted by atomic mass is 79.9. The van der Waals surface area contributed by atoms with Crippen LogP contribution in [-0.4, -0.2) is 4.98 Å². The van der Waals surface area contributed by atoms with Crippen LogP contribution in [0.3, 0.4) is 0 Å². The highest BCUT2D eigenvalue weighted by molar-refractivity contribution is 9.10. The summed E-state index contributed by atoms with van der Waals surface area (Å²) in [5.41, 5.74) is 9.28. The van der Waals surface area contributed by atoms with Crippen molar-refractivity contribution in [1.29, 1.82) is 0 Å². The van der Waals surface area contributed by atoms with Crippen LogP contribution in [0.1, 0.15) is 0 Å². The maximum Gasteiger partial charge on any atom is 0.0743 e. The number of nitrogens with two attached hydrogens (primary N) is 1. The summed E-state index contributed by atoms with van der Waals surface area (Å²) in [6, 6.07) is 13.3. The molecule has 3 N–H and O–H groups in total. The van der Waals surface area contributed by atoms with E-state index >= 15 is 0 Å². The minimum absolute atomic E-state index is 0.683. The van der Waals surface area contributed by atoms with Crippen molar-refractivity contribution in [1.82, 2.24) is 4.98 Å². The fraction of sp³-hybridized carbons (Fsp3) is 0. The molecule has 3 nitrogen and oxygen atoms in total. The van der Waals surface area contributed by atoms with Crippen LogP contribution in [0.4, 0.5) is 17.1 Å². The molecule has 5 heteroatoms. The Balaban J connectivity index is 2.04. The molecule has 3 rings (SSSR count). The van der Waals surface area contributed by atoms with Crippen LogP contribution in [0.5, 0.6) is 0 Å². The second-order valence-electron chi connectivity index (χ2n) is 4.39. The van der Waals surface area contributed by atoms with Gasteiger partial charge in [0, 0.05) is 33.1 Å². The van der Waals surface area contributed by atoms with E-state index in [2.05, 4.69) is 26.2 Å². The minimum atomic E-state index is 0.683. The van der Waals surface area contributed by atoms with Crippen LogP contribution in [0.15, 0.2) is 53.1 Å². The molecule has 0 spiro atoms. The number of hydrogen-bond acceptors (Lipinski definition) is 3. The Morgan fingerprint density at radius 1 is 1.10 bits per heavy atom. The SMILES string of the molecule is Nc1ccc2c(Nc3ccc(Cl)c(Br)c3)ccnc2c1. The largest absolute Gasteiger partial charge is 0.399 e. The number of nitrogens with zero attached hydrogens (tertiary/aromatic N) is 1. The standard InChI is InChI=1S/C15H11BrClN3/c16-12-8-10(2-4-13(12)17)20-14-5-6-19-15-7-9(18)1-3-11(14)15/h1-8H,18H2,(H,19,20). The number of fused-ring (bicyclic) bond motifs is 1. The van der Waals surface area contributed by atoms with Gasteiger partial charge in [0.1, 0.15) is 0 Å². The Hall–Kier alpha value is -1.78. The van der Waals surface area contributed by atoms with Crippen LogP contribution in [0.2, 0.25) is 5.02 Å². The number of nitrogen functional groups attached to an aromatic ring is 1. The molecule has 1 heterocycles. The van der Waals surface area contributed by atoms with Gasteiger partial charge in [0.15, 0.2) is 0 Å². The summed E-state index contributed by atoms with van der Waals surface area (Å²) >= 11 is 9.42. The van der Waals surface area contributed by atoms with Crippen molar-refractivity contribution in [3.63, 3.8) is 0 Å². The molecule has 0 fully saturated rings. The molecule has 0 atom stereocenters. The molecule has 0 bridgehead atoms. The van der Waals surface area contributed by atoms with Crippen molar-refractivity contribution >= 4 is 55.5 Å². The van der Waals surface area contributed by atoms with Gasteiger partial charge in [0.2, 0.25) is 0 Å². The molecular weight excluding hydrogens is 338 g/mol. The van der Waals surface area contributed by atoms with E-state index in [4.69, 9.17) is 17.3 Å². The molecule has 0 unspecified atom stereocenters. The van der Waals surface area contributed by atoms with E-state index < -0.39 is 0 Å². The minimum Gasteiger partial charge on any atom is -0.399 e. The van der Waals surface area contributed by atoms with Gasteiger partial charge < -0.3 is 11.1 Å². The van der Waals surface area contributed by atoms with Crippen LogP contribution < -0.4 is 11.1 Å². The van der Waals surface area contributed by atoms with E-state index in [9.17, 15) is 0 Å². The summed E-state index contributed by atoms with van der Waals surface area (Å²) < 4.78 is 0.853. The molecule has 1 aromatic heterocycles. The van der Waals surface area contributed by atoms with Gasteiger partial charge in [-0.15, -0.1) is 0 Å². The van der Waals surface area contributed by atoms with Gasteiger partial charge in [0.25, 0.3) is 0 Å². The lowest BCUT2D eigenvalue weighted by molar-refractivity contribution is 1.40. The van der Waals surface area contributed by atoms with Crippen molar-refractivity contribution in [2.45, 2.75) is 0 Å². The van der Waals surface area contributed by atoms with E-state index in [1.807, 2.05) is 42.5 Å². The van der Waals surface area contributed by atoms with Gasteiger partial charge in [-0.05, 0) is 58.4 Å². The maximum absolute atomic E-state index is 6.00.